The molecule has 0 bridgehead atoms. The van der Waals surface area contributed by atoms with Gasteiger partial charge in [-0.05, 0) is 6.92 Å². The van der Waals surface area contributed by atoms with Crippen molar-refractivity contribution in [3.8, 4) is 0 Å². The summed E-state index contributed by atoms with van der Waals surface area (Å²) in [5.74, 6) is 0. The minimum Gasteiger partial charge on any atom is -0.388 e. The van der Waals surface area contributed by atoms with Gasteiger partial charge in [-0.3, -0.25) is 0 Å². The average Bonchev–Trinajstić information content (AvgIpc) is 1.67. The molecule has 4 nitrogen and oxygen atoms in total. The van der Waals surface area contributed by atoms with Gasteiger partial charge >= 0.3 is 0 Å². The van der Waals surface area contributed by atoms with Crippen molar-refractivity contribution in [1.82, 2.24) is 0 Å². The molecule has 0 fully saturated rings. The average molecular weight is 122 g/mol. The van der Waals surface area contributed by atoms with E-state index in [0.29, 0.717) is 0 Å². The lowest BCUT2D eigenvalue weighted by molar-refractivity contribution is -0.192. The van der Waals surface area contributed by atoms with Crippen LogP contribution in [0.3, 0.4) is 0 Å². The molecule has 0 rings (SSSR count). The second-order valence-corrected chi connectivity index (χ2v) is 1.43. The predicted molar refractivity (Wildman–Crippen MR) is 25.9 cm³/mol. The van der Waals surface area contributed by atoms with Gasteiger partial charge in [0.25, 0.3) is 0 Å². The monoisotopic (exact) mass is 122 g/mol. The highest BCUT2D eigenvalue weighted by Gasteiger charge is 2.08. The molecule has 2 unspecified atom stereocenters. The molecule has 0 radical (unpaired) electrons. The van der Waals surface area contributed by atoms with Gasteiger partial charge in [0, 0.05) is 0 Å². The maximum absolute atomic E-state index is 8.49. The number of aliphatic hydroxyl groups excluding tert-OH is 3. The van der Waals surface area contributed by atoms with E-state index in [0.717, 1.165) is 0 Å². The molecule has 2 atom stereocenters. The van der Waals surface area contributed by atoms with Gasteiger partial charge in [0.05, 0.1) is 0 Å². The van der Waals surface area contributed by atoms with Crippen molar-refractivity contribution in [2.75, 3.05) is 6.79 Å². The number of ether oxygens (including phenoxy) is 1. The lowest BCUT2D eigenvalue weighted by Gasteiger charge is -2.11. The zero-order valence-electron chi connectivity index (χ0n) is 4.61. The van der Waals surface area contributed by atoms with E-state index in [4.69, 9.17) is 15.3 Å². The molecule has 3 N–H and O–H groups in total. The number of rotatable bonds is 3. The van der Waals surface area contributed by atoms with Crippen molar-refractivity contribution in [3.05, 3.63) is 0 Å². The number of hydrogen-bond acceptors (Lipinski definition) is 4. The van der Waals surface area contributed by atoms with E-state index in [9.17, 15) is 0 Å². The molecule has 0 aromatic rings. The molecule has 0 aliphatic heterocycles. The minimum atomic E-state index is -1.28. The molecule has 0 saturated heterocycles. The Bertz CT molecular complexity index is 54.0. The van der Waals surface area contributed by atoms with Crippen molar-refractivity contribution in [2.24, 2.45) is 0 Å². The number of aliphatic hydroxyl groups is 3. The van der Waals surface area contributed by atoms with Crippen LogP contribution in [-0.4, -0.2) is 34.5 Å². The Kier molecular flexibility index (Phi) is 3.72. The maximum Gasteiger partial charge on any atom is 0.183 e. The van der Waals surface area contributed by atoms with Gasteiger partial charge in [-0.15, -0.1) is 0 Å². The quantitative estimate of drug-likeness (QED) is 0.405. The fourth-order valence-electron chi connectivity index (χ4n) is 0.216. The van der Waals surface area contributed by atoms with E-state index >= 15 is 0 Å². The second-order valence-electron chi connectivity index (χ2n) is 1.43. The molecule has 4 heteroatoms. The van der Waals surface area contributed by atoms with Crippen LogP contribution in [0.25, 0.3) is 0 Å². The van der Waals surface area contributed by atoms with Crippen LogP contribution in [0.2, 0.25) is 0 Å². The highest BCUT2D eigenvalue weighted by molar-refractivity contribution is 4.46. The lowest BCUT2D eigenvalue weighted by atomic mass is 10.4. The molecule has 0 aliphatic carbocycles. The molecule has 0 spiro atoms. The largest absolute Gasteiger partial charge is 0.388 e. The summed E-state index contributed by atoms with van der Waals surface area (Å²) in [7, 11) is 0. The van der Waals surface area contributed by atoms with E-state index in [1.165, 1.54) is 6.92 Å². The van der Waals surface area contributed by atoms with E-state index in [1.54, 1.807) is 0 Å². The predicted octanol–water partition coefficient (Wildman–Crippen LogP) is -1.35. The summed E-state index contributed by atoms with van der Waals surface area (Å²) >= 11 is 0. The van der Waals surface area contributed by atoms with Gasteiger partial charge in [0.2, 0.25) is 0 Å². The Morgan fingerprint density at radius 1 is 1.50 bits per heavy atom. The van der Waals surface area contributed by atoms with Gasteiger partial charge in [0.15, 0.2) is 6.29 Å². The summed E-state index contributed by atoms with van der Waals surface area (Å²) < 4.78 is 4.16. The van der Waals surface area contributed by atoms with Crippen molar-refractivity contribution in [3.63, 3.8) is 0 Å². The molecule has 0 aromatic carbocycles. The minimum absolute atomic E-state index is 0.577. The Hall–Kier alpha value is -0.160. The highest BCUT2D eigenvalue weighted by Crippen LogP contribution is 1.91. The van der Waals surface area contributed by atoms with Crippen molar-refractivity contribution < 1.29 is 20.1 Å². The summed E-state index contributed by atoms with van der Waals surface area (Å²) in [6.07, 6.45) is -2.23. The van der Waals surface area contributed by atoms with Crippen LogP contribution in [0, 0.1) is 0 Å². The summed E-state index contributed by atoms with van der Waals surface area (Å²) in [6.45, 7) is 0.784. The summed E-state index contributed by atoms with van der Waals surface area (Å²) in [4.78, 5) is 0. The Labute approximate surface area is 47.3 Å². The molecule has 8 heavy (non-hydrogen) atoms. The van der Waals surface area contributed by atoms with E-state index in [-0.39, 0.29) is 0 Å². The summed E-state index contributed by atoms with van der Waals surface area (Å²) in [5.41, 5.74) is 0. The third-order valence-electron chi connectivity index (χ3n) is 0.658. The van der Waals surface area contributed by atoms with Crippen LogP contribution in [0.4, 0.5) is 0 Å². The van der Waals surface area contributed by atoms with Crippen LogP contribution in [0.5, 0.6) is 0 Å². The van der Waals surface area contributed by atoms with Crippen LogP contribution >= 0.6 is 0 Å². The van der Waals surface area contributed by atoms with E-state index in [2.05, 4.69) is 4.74 Å². The third kappa shape index (κ3) is 2.92. The van der Waals surface area contributed by atoms with Gasteiger partial charge < -0.3 is 20.1 Å². The van der Waals surface area contributed by atoms with Crippen LogP contribution in [-0.2, 0) is 4.74 Å². The standard InChI is InChI=1S/C4H10O4/c1-3(6)4(7)8-2-5/h3-7H,2H2,1H3. The molecule has 0 heterocycles. The fourth-order valence-corrected chi connectivity index (χ4v) is 0.216. The van der Waals surface area contributed by atoms with E-state index < -0.39 is 19.2 Å². The van der Waals surface area contributed by atoms with Crippen molar-refractivity contribution in [2.45, 2.75) is 19.3 Å². The molecule has 50 valence electrons. The molecule has 0 saturated carbocycles. The first-order chi connectivity index (χ1) is 3.68. The van der Waals surface area contributed by atoms with Crippen LogP contribution < -0.4 is 0 Å². The fraction of sp³-hybridized carbons (Fsp3) is 1.00. The van der Waals surface area contributed by atoms with Crippen molar-refractivity contribution in [1.29, 1.82) is 0 Å². The topological polar surface area (TPSA) is 69.9 Å². The SMILES string of the molecule is CC(O)C(O)OCO. The normalized spacial score (nSPS) is 18.0. The molecule has 0 aromatic heterocycles. The maximum atomic E-state index is 8.49. The Balaban J connectivity index is 3.17. The van der Waals surface area contributed by atoms with Crippen molar-refractivity contribution >= 4 is 0 Å². The third-order valence-corrected chi connectivity index (χ3v) is 0.658. The Morgan fingerprint density at radius 2 is 2.00 bits per heavy atom. The van der Waals surface area contributed by atoms with Gasteiger partial charge in [-0.25, -0.2) is 0 Å². The molecule has 0 amide bonds. The Morgan fingerprint density at radius 3 is 2.12 bits per heavy atom. The van der Waals surface area contributed by atoms with Gasteiger partial charge in [-0.2, -0.15) is 0 Å². The van der Waals surface area contributed by atoms with Gasteiger partial charge in [0.1, 0.15) is 12.9 Å². The second kappa shape index (κ2) is 3.80. The van der Waals surface area contributed by atoms with Crippen LogP contribution in [0.1, 0.15) is 6.92 Å². The molecular weight excluding hydrogens is 112 g/mol. The highest BCUT2D eigenvalue weighted by atomic mass is 16.7. The van der Waals surface area contributed by atoms with Gasteiger partial charge in [-0.1, -0.05) is 0 Å². The van der Waals surface area contributed by atoms with Crippen LogP contribution in [0.15, 0.2) is 0 Å². The first-order valence-electron chi connectivity index (χ1n) is 2.27. The smallest absolute Gasteiger partial charge is 0.183 e. The summed E-state index contributed by atoms with van der Waals surface area (Å²) in [5, 5.41) is 25.0. The summed E-state index contributed by atoms with van der Waals surface area (Å²) in [6, 6.07) is 0. The first-order valence-corrected chi connectivity index (χ1v) is 2.27. The lowest BCUT2D eigenvalue weighted by Crippen LogP contribution is -2.25. The molecule has 0 aliphatic rings. The van der Waals surface area contributed by atoms with E-state index in [1.807, 2.05) is 0 Å². The zero-order valence-corrected chi connectivity index (χ0v) is 4.61. The molecular formula is C4H10O4. The first kappa shape index (κ1) is 7.84. The zero-order chi connectivity index (χ0) is 6.57. The number of hydrogen-bond donors (Lipinski definition) is 3.